The fourth-order valence-electron chi connectivity index (χ4n) is 4.65. The van der Waals surface area contributed by atoms with E-state index < -0.39 is 0 Å². The fraction of sp³-hybridized carbons (Fsp3) is 0.417. The van der Waals surface area contributed by atoms with Crippen molar-refractivity contribution in [3.63, 3.8) is 0 Å². The van der Waals surface area contributed by atoms with Crippen molar-refractivity contribution >= 4 is 28.0 Å². The van der Waals surface area contributed by atoms with Gasteiger partial charge in [0.25, 0.3) is 0 Å². The normalized spacial score (nSPS) is 19.0. The van der Waals surface area contributed by atoms with Crippen molar-refractivity contribution in [1.82, 2.24) is 9.88 Å². The van der Waals surface area contributed by atoms with Gasteiger partial charge < -0.3 is 24.8 Å². The molecule has 3 aromatic rings. The van der Waals surface area contributed by atoms with Crippen LogP contribution in [0.2, 0.25) is 0 Å². The lowest BCUT2D eigenvalue weighted by Gasteiger charge is -2.29. The third kappa shape index (κ3) is 3.98. The SMILES string of the molecule is CN1CCC(c2c[nH]c3cc(Nc4cccc(N5CCOCC5)c4)ccc23)CC1. The number of morpholine rings is 1. The zero-order chi connectivity index (χ0) is 19.6. The minimum Gasteiger partial charge on any atom is -0.378 e. The third-order valence-corrected chi connectivity index (χ3v) is 6.38. The van der Waals surface area contributed by atoms with Crippen LogP contribution in [-0.4, -0.2) is 56.3 Å². The van der Waals surface area contributed by atoms with Crippen LogP contribution >= 0.6 is 0 Å². The fourth-order valence-corrected chi connectivity index (χ4v) is 4.65. The molecule has 0 aliphatic carbocycles. The molecule has 29 heavy (non-hydrogen) atoms. The summed E-state index contributed by atoms with van der Waals surface area (Å²) in [5.41, 5.74) is 6.19. The van der Waals surface area contributed by atoms with Gasteiger partial charge in [-0.1, -0.05) is 12.1 Å². The highest BCUT2D eigenvalue weighted by Crippen LogP contribution is 2.34. The lowest BCUT2D eigenvalue weighted by atomic mass is 9.89. The van der Waals surface area contributed by atoms with Gasteiger partial charge in [0.2, 0.25) is 0 Å². The van der Waals surface area contributed by atoms with Gasteiger partial charge >= 0.3 is 0 Å². The zero-order valence-corrected chi connectivity index (χ0v) is 17.2. The molecule has 2 aliphatic rings. The average molecular weight is 391 g/mol. The van der Waals surface area contributed by atoms with Gasteiger partial charge in [0.05, 0.1) is 13.2 Å². The Morgan fingerprint density at radius 2 is 1.76 bits per heavy atom. The third-order valence-electron chi connectivity index (χ3n) is 6.38. The van der Waals surface area contributed by atoms with Crippen molar-refractivity contribution in [2.45, 2.75) is 18.8 Å². The van der Waals surface area contributed by atoms with Gasteiger partial charge in [-0.05, 0) is 74.8 Å². The van der Waals surface area contributed by atoms with Gasteiger partial charge in [0.15, 0.2) is 0 Å². The number of hydrogen-bond donors (Lipinski definition) is 2. The lowest BCUT2D eigenvalue weighted by Crippen LogP contribution is -2.36. The number of benzene rings is 2. The number of rotatable bonds is 4. The van der Waals surface area contributed by atoms with Gasteiger partial charge in [-0.2, -0.15) is 0 Å². The van der Waals surface area contributed by atoms with Crippen LogP contribution in [0, 0.1) is 0 Å². The number of aromatic nitrogens is 1. The number of likely N-dealkylation sites (tertiary alicyclic amines) is 1. The summed E-state index contributed by atoms with van der Waals surface area (Å²) in [6.45, 7) is 5.91. The molecule has 2 aliphatic heterocycles. The Morgan fingerprint density at radius 1 is 0.966 bits per heavy atom. The Kier molecular flexibility index (Phi) is 5.17. The van der Waals surface area contributed by atoms with E-state index in [9.17, 15) is 0 Å². The Bertz CT molecular complexity index is 968. The minimum atomic E-state index is 0.670. The summed E-state index contributed by atoms with van der Waals surface area (Å²) >= 11 is 0. The molecule has 3 heterocycles. The lowest BCUT2D eigenvalue weighted by molar-refractivity contribution is 0.122. The molecule has 0 unspecified atom stereocenters. The molecule has 2 fully saturated rings. The van der Waals surface area contributed by atoms with E-state index in [1.165, 1.54) is 48.1 Å². The molecule has 2 saturated heterocycles. The van der Waals surface area contributed by atoms with Crippen molar-refractivity contribution in [3.05, 3.63) is 54.2 Å². The van der Waals surface area contributed by atoms with Crippen molar-refractivity contribution in [2.75, 3.05) is 56.7 Å². The number of hydrogen-bond acceptors (Lipinski definition) is 4. The second-order valence-electron chi connectivity index (χ2n) is 8.36. The maximum absolute atomic E-state index is 5.48. The first kappa shape index (κ1) is 18.5. The Labute approximate surface area is 172 Å². The smallest absolute Gasteiger partial charge is 0.0642 e. The van der Waals surface area contributed by atoms with Crippen molar-refractivity contribution < 1.29 is 4.74 Å². The van der Waals surface area contributed by atoms with Crippen molar-refractivity contribution in [3.8, 4) is 0 Å². The highest BCUT2D eigenvalue weighted by Gasteiger charge is 2.21. The van der Waals surface area contributed by atoms with Crippen molar-refractivity contribution in [2.24, 2.45) is 0 Å². The summed E-state index contributed by atoms with van der Waals surface area (Å²) in [4.78, 5) is 8.32. The Balaban J connectivity index is 1.34. The molecule has 2 N–H and O–H groups in total. The van der Waals surface area contributed by atoms with E-state index in [1.807, 2.05) is 0 Å². The number of anilines is 3. The number of ether oxygens (including phenoxy) is 1. The minimum absolute atomic E-state index is 0.670. The van der Waals surface area contributed by atoms with Crippen LogP contribution in [0.15, 0.2) is 48.7 Å². The van der Waals surface area contributed by atoms with E-state index in [1.54, 1.807) is 0 Å². The summed E-state index contributed by atoms with van der Waals surface area (Å²) in [7, 11) is 2.22. The molecule has 1 aromatic heterocycles. The molecule has 0 bridgehead atoms. The number of nitrogens with one attached hydrogen (secondary N) is 2. The van der Waals surface area contributed by atoms with E-state index in [2.05, 4.69) is 75.8 Å². The van der Waals surface area contributed by atoms with Crippen LogP contribution < -0.4 is 10.2 Å². The first-order valence-corrected chi connectivity index (χ1v) is 10.8. The van der Waals surface area contributed by atoms with Gasteiger partial charge in [0, 0.05) is 47.3 Å². The maximum Gasteiger partial charge on any atom is 0.0642 e. The molecule has 0 spiro atoms. The number of aromatic amines is 1. The summed E-state index contributed by atoms with van der Waals surface area (Å²) in [5, 5.41) is 4.95. The van der Waals surface area contributed by atoms with Crippen LogP contribution in [0.25, 0.3) is 10.9 Å². The summed E-state index contributed by atoms with van der Waals surface area (Å²) in [5.74, 6) is 0.670. The van der Waals surface area contributed by atoms with E-state index in [-0.39, 0.29) is 0 Å². The molecule has 2 aromatic carbocycles. The van der Waals surface area contributed by atoms with E-state index in [0.717, 1.165) is 37.7 Å². The predicted molar refractivity (Wildman–Crippen MR) is 121 cm³/mol. The second-order valence-corrected chi connectivity index (χ2v) is 8.36. The van der Waals surface area contributed by atoms with Crippen LogP contribution in [0.4, 0.5) is 17.1 Å². The molecule has 5 nitrogen and oxygen atoms in total. The quantitative estimate of drug-likeness (QED) is 0.686. The summed E-state index contributed by atoms with van der Waals surface area (Å²) in [6, 6.07) is 15.4. The highest BCUT2D eigenvalue weighted by atomic mass is 16.5. The van der Waals surface area contributed by atoms with Gasteiger partial charge in [-0.25, -0.2) is 0 Å². The monoisotopic (exact) mass is 390 g/mol. The second kappa shape index (κ2) is 8.09. The van der Waals surface area contributed by atoms with Crippen LogP contribution in [0.3, 0.4) is 0 Å². The molecule has 0 radical (unpaired) electrons. The Morgan fingerprint density at radius 3 is 2.59 bits per heavy atom. The van der Waals surface area contributed by atoms with Crippen LogP contribution in [0.1, 0.15) is 24.3 Å². The first-order valence-electron chi connectivity index (χ1n) is 10.8. The molecular formula is C24H30N4O. The van der Waals surface area contributed by atoms with Crippen molar-refractivity contribution in [1.29, 1.82) is 0 Å². The van der Waals surface area contributed by atoms with Crippen LogP contribution in [-0.2, 0) is 4.74 Å². The first-order chi connectivity index (χ1) is 14.3. The topological polar surface area (TPSA) is 43.5 Å². The van der Waals surface area contributed by atoms with Gasteiger partial charge in [-0.15, -0.1) is 0 Å². The zero-order valence-electron chi connectivity index (χ0n) is 17.2. The number of piperidine rings is 1. The molecule has 0 saturated carbocycles. The average Bonchev–Trinajstić information content (AvgIpc) is 3.18. The summed E-state index contributed by atoms with van der Waals surface area (Å²) in [6.07, 6.45) is 4.72. The van der Waals surface area contributed by atoms with Gasteiger partial charge in [-0.3, -0.25) is 0 Å². The molecule has 0 amide bonds. The molecule has 0 atom stereocenters. The number of H-pyrrole nitrogens is 1. The number of fused-ring (bicyclic) bond motifs is 1. The molecule has 5 rings (SSSR count). The molecule has 152 valence electrons. The van der Waals surface area contributed by atoms with E-state index >= 15 is 0 Å². The summed E-state index contributed by atoms with van der Waals surface area (Å²) < 4.78 is 5.48. The van der Waals surface area contributed by atoms with Gasteiger partial charge in [0.1, 0.15) is 0 Å². The standard InChI is InChI=1S/C24H30N4O/c1-27-9-7-18(8-10-27)23-17-25-24-16-20(5-6-22(23)24)26-19-3-2-4-21(15-19)28-11-13-29-14-12-28/h2-6,15-18,25-26H,7-14H2,1H3. The maximum atomic E-state index is 5.48. The Hall–Kier alpha value is -2.50. The number of nitrogens with zero attached hydrogens (tertiary/aromatic N) is 2. The van der Waals surface area contributed by atoms with E-state index in [0.29, 0.717) is 5.92 Å². The molecular weight excluding hydrogens is 360 g/mol. The molecule has 5 heteroatoms. The predicted octanol–water partition coefficient (Wildman–Crippen LogP) is 4.56. The highest BCUT2D eigenvalue weighted by molar-refractivity contribution is 5.87. The largest absolute Gasteiger partial charge is 0.378 e. The van der Waals surface area contributed by atoms with E-state index in [4.69, 9.17) is 4.74 Å². The van der Waals surface area contributed by atoms with Crippen LogP contribution in [0.5, 0.6) is 0 Å².